The maximum atomic E-state index is 11.9. The van der Waals surface area contributed by atoms with Crippen molar-refractivity contribution in [1.29, 1.82) is 0 Å². The monoisotopic (exact) mass is 286 g/mol. The van der Waals surface area contributed by atoms with Gasteiger partial charge in [-0.25, -0.2) is 0 Å². The Hall–Kier alpha value is -1.02. The molecule has 84 valence electrons. The summed E-state index contributed by atoms with van der Waals surface area (Å²) in [5, 5.41) is 9.12. The first-order chi connectivity index (χ1) is 6.85. The highest BCUT2D eigenvalue weighted by atomic mass is 79.9. The molecule has 0 unspecified atom stereocenters. The number of halogens is 4. The molecule has 0 aliphatic heterocycles. The predicted molar refractivity (Wildman–Crippen MR) is 48.2 cm³/mol. The second-order valence-electron chi connectivity index (χ2n) is 2.49. The number of hydrogen-bond donors (Lipinski definition) is 2. The summed E-state index contributed by atoms with van der Waals surface area (Å²) in [6, 6.07) is 0. The second-order valence-corrected chi connectivity index (χ2v) is 3.28. The first-order valence-electron chi connectivity index (χ1n) is 3.67. The molecule has 0 atom stereocenters. The number of nitrogens with two attached hydrogens (primary N) is 1. The zero-order chi connectivity index (χ0) is 11.6. The van der Waals surface area contributed by atoms with Crippen LogP contribution in [0.25, 0.3) is 0 Å². The average molecular weight is 287 g/mol. The van der Waals surface area contributed by atoms with Gasteiger partial charge in [0.05, 0.1) is 16.4 Å². The van der Waals surface area contributed by atoms with E-state index in [1.807, 2.05) is 0 Å². The molecule has 0 saturated carbocycles. The van der Waals surface area contributed by atoms with E-state index in [4.69, 9.17) is 10.8 Å². The summed E-state index contributed by atoms with van der Waals surface area (Å²) in [6.45, 7) is -0.0743. The van der Waals surface area contributed by atoms with Crippen molar-refractivity contribution in [2.24, 2.45) is 5.73 Å². The minimum Gasteiger partial charge on any atom is -0.503 e. The van der Waals surface area contributed by atoms with Gasteiger partial charge in [-0.2, -0.15) is 0 Å². The van der Waals surface area contributed by atoms with E-state index in [1.165, 1.54) is 0 Å². The van der Waals surface area contributed by atoms with Crippen LogP contribution in [0.5, 0.6) is 11.5 Å². The Labute approximate surface area is 91.0 Å². The molecule has 0 spiro atoms. The molecule has 0 saturated heterocycles. The summed E-state index contributed by atoms with van der Waals surface area (Å²) in [7, 11) is 0. The Morgan fingerprint density at radius 3 is 2.60 bits per heavy atom. The Balaban J connectivity index is 3.15. The summed E-state index contributed by atoms with van der Waals surface area (Å²) in [5.74, 6) is -1.45. The Morgan fingerprint density at radius 1 is 1.53 bits per heavy atom. The molecule has 3 N–H and O–H groups in total. The van der Waals surface area contributed by atoms with Crippen molar-refractivity contribution in [3.05, 3.63) is 16.4 Å². The number of alkyl halides is 3. The van der Waals surface area contributed by atoms with Crippen molar-refractivity contribution < 1.29 is 23.0 Å². The predicted octanol–water partition coefficient (Wildman–Crippen LogP) is 1.91. The van der Waals surface area contributed by atoms with Gasteiger partial charge in [-0.15, -0.1) is 13.2 Å². The van der Waals surface area contributed by atoms with Crippen LogP contribution >= 0.6 is 15.9 Å². The van der Waals surface area contributed by atoms with Crippen molar-refractivity contribution in [3.63, 3.8) is 0 Å². The van der Waals surface area contributed by atoms with Gasteiger partial charge in [-0.05, 0) is 15.9 Å². The highest BCUT2D eigenvalue weighted by Crippen LogP contribution is 2.38. The molecule has 0 amide bonds. The number of nitrogens with zero attached hydrogens (tertiary/aromatic N) is 1. The molecule has 0 aromatic carbocycles. The van der Waals surface area contributed by atoms with Crippen molar-refractivity contribution >= 4 is 15.9 Å². The standard InChI is InChI=1S/C7H6BrF3N2O2/c8-5-3(1-12)13-2-4(14)6(5)15-7(9,10)11/h2,14H,1,12H2. The molecule has 0 radical (unpaired) electrons. The largest absolute Gasteiger partial charge is 0.573 e. The van der Waals surface area contributed by atoms with Crippen LogP contribution < -0.4 is 10.5 Å². The van der Waals surface area contributed by atoms with Gasteiger partial charge in [0, 0.05) is 6.54 Å². The number of pyridine rings is 1. The lowest BCUT2D eigenvalue weighted by molar-refractivity contribution is -0.275. The molecule has 0 fully saturated rings. The van der Waals surface area contributed by atoms with Gasteiger partial charge in [-0.1, -0.05) is 0 Å². The van der Waals surface area contributed by atoms with Gasteiger partial charge in [0.15, 0.2) is 11.5 Å². The van der Waals surface area contributed by atoms with Crippen LogP contribution in [0.4, 0.5) is 13.2 Å². The van der Waals surface area contributed by atoms with Crippen LogP contribution in [0.1, 0.15) is 5.69 Å². The normalized spacial score (nSPS) is 11.5. The van der Waals surface area contributed by atoms with Crippen LogP contribution in [0.15, 0.2) is 10.7 Å². The first-order valence-corrected chi connectivity index (χ1v) is 4.46. The zero-order valence-electron chi connectivity index (χ0n) is 7.18. The van der Waals surface area contributed by atoms with Gasteiger partial charge < -0.3 is 15.6 Å². The molecule has 4 nitrogen and oxygen atoms in total. The highest BCUT2D eigenvalue weighted by Gasteiger charge is 2.34. The molecule has 15 heavy (non-hydrogen) atoms. The van der Waals surface area contributed by atoms with Gasteiger partial charge in [0.25, 0.3) is 0 Å². The van der Waals surface area contributed by atoms with E-state index in [2.05, 4.69) is 25.7 Å². The Kier molecular flexibility index (Phi) is 3.40. The second kappa shape index (κ2) is 4.23. The molecule has 1 aromatic rings. The van der Waals surface area contributed by atoms with Gasteiger partial charge in [0.2, 0.25) is 0 Å². The van der Waals surface area contributed by atoms with E-state index < -0.39 is 17.9 Å². The molecular formula is C7H6BrF3N2O2. The molecule has 0 aliphatic carbocycles. The number of rotatable bonds is 2. The molecule has 0 bridgehead atoms. The topological polar surface area (TPSA) is 68.4 Å². The van der Waals surface area contributed by atoms with Crippen LogP contribution in [-0.2, 0) is 6.54 Å². The van der Waals surface area contributed by atoms with E-state index in [9.17, 15) is 13.2 Å². The molecule has 1 rings (SSSR count). The van der Waals surface area contributed by atoms with Gasteiger partial charge >= 0.3 is 6.36 Å². The summed E-state index contributed by atoms with van der Waals surface area (Å²) in [6.07, 6.45) is -4.04. The highest BCUT2D eigenvalue weighted by molar-refractivity contribution is 9.10. The van der Waals surface area contributed by atoms with Crippen molar-refractivity contribution in [3.8, 4) is 11.5 Å². The van der Waals surface area contributed by atoms with Crippen LogP contribution in [0, 0.1) is 0 Å². The summed E-state index contributed by atoms with van der Waals surface area (Å²) in [4.78, 5) is 3.62. The number of aromatic hydroxyl groups is 1. The van der Waals surface area contributed by atoms with E-state index in [-0.39, 0.29) is 16.7 Å². The summed E-state index contributed by atoms with van der Waals surface area (Å²) < 4.78 is 39.3. The zero-order valence-corrected chi connectivity index (χ0v) is 8.76. The number of ether oxygens (including phenoxy) is 1. The van der Waals surface area contributed by atoms with E-state index >= 15 is 0 Å². The Morgan fingerprint density at radius 2 is 2.13 bits per heavy atom. The summed E-state index contributed by atoms with van der Waals surface area (Å²) in [5.41, 5.74) is 5.38. The first kappa shape index (κ1) is 12.1. The smallest absolute Gasteiger partial charge is 0.503 e. The minimum absolute atomic E-state index is 0.0743. The third-order valence-electron chi connectivity index (χ3n) is 1.44. The number of hydrogen-bond acceptors (Lipinski definition) is 4. The number of aromatic nitrogens is 1. The van der Waals surface area contributed by atoms with Gasteiger partial charge in [0.1, 0.15) is 0 Å². The lowest BCUT2D eigenvalue weighted by Gasteiger charge is -2.13. The van der Waals surface area contributed by atoms with Crippen LogP contribution in [0.2, 0.25) is 0 Å². The fraction of sp³-hybridized carbons (Fsp3) is 0.286. The Bertz CT molecular complexity index is 370. The summed E-state index contributed by atoms with van der Waals surface area (Å²) >= 11 is 2.82. The lowest BCUT2D eigenvalue weighted by Crippen LogP contribution is -2.18. The van der Waals surface area contributed by atoms with Gasteiger partial charge in [-0.3, -0.25) is 4.98 Å². The third kappa shape index (κ3) is 2.96. The lowest BCUT2D eigenvalue weighted by atomic mass is 10.3. The van der Waals surface area contributed by atoms with E-state index in [0.29, 0.717) is 0 Å². The van der Waals surface area contributed by atoms with E-state index in [0.717, 1.165) is 6.20 Å². The third-order valence-corrected chi connectivity index (χ3v) is 2.26. The van der Waals surface area contributed by atoms with Crippen LogP contribution in [-0.4, -0.2) is 16.5 Å². The van der Waals surface area contributed by atoms with Crippen molar-refractivity contribution in [2.75, 3.05) is 0 Å². The quantitative estimate of drug-likeness (QED) is 0.871. The maximum Gasteiger partial charge on any atom is 0.573 e. The molecular weight excluding hydrogens is 281 g/mol. The fourth-order valence-electron chi connectivity index (χ4n) is 0.853. The SMILES string of the molecule is NCc1ncc(O)c(OC(F)(F)F)c1Br. The average Bonchev–Trinajstić information content (AvgIpc) is 2.11. The van der Waals surface area contributed by atoms with Crippen LogP contribution in [0.3, 0.4) is 0 Å². The molecule has 0 aliphatic rings. The molecule has 1 heterocycles. The van der Waals surface area contributed by atoms with E-state index in [1.54, 1.807) is 0 Å². The minimum atomic E-state index is -4.88. The fourth-order valence-corrected chi connectivity index (χ4v) is 1.40. The van der Waals surface area contributed by atoms with Crippen molar-refractivity contribution in [1.82, 2.24) is 4.98 Å². The molecule has 1 aromatic heterocycles. The molecule has 8 heteroatoms. The maximum absolute atomic E-state index is 11.9. The van der Waals surface area contributed by atoms with Crippen molar-refractivity contribution in [2.45, 2.75) is 12.9 Å².